The Bertz CT molecular complexity index is 581. The maximum absolute atomic E-state index is 12.2. The molecule has 0 radical (unpaired) electrons. The number of carbonyl (C=O) groups excluding carboxylic acids is 2. The largest absolute Gasteiger partial charge is 0.351 e. The predicted molar refractivity (Wildman–Crippen MR) is 104 cm³/mol. The van der Waals surface area contributed by atoms with Crippen molar-refractivity contribution in [1.82, 2.24) is 20.9 Å². The van der Waals surface area contributed by atoms with Gasteiger partial charge in [0.15, 0.2) is 0 Å². The second kappa shape index (κ2) is 10.8. The zero-order valence-corrected chi connectivity index (χ0v) is 16.0. The van der Waals surface area contributed by atoms with E-state index in [2.05, 4.69) is 16.0 Å². The lowest BCUT2D eigenvalue weighted by Crippen LogP contribution is -2.41. The van der Waals surface area contributed by atoms with Gasteiger partial charge in [0.2, 0.25) is 0 Å². The Balaban J connectivity index is 1.78. The van der Waals surface area contributed by atoms with Gasteiger partial charge in [-0.05, 0) is 44.6 Å². The molecule has 0 bridgehead atoms. The van der Waals surface area contributed by atoms with Crippen LogP contribution in [0, 0.1) is 0 Å². The minimum absolute atomic E-state index is 0.0865. The lowest BCUT2D eigenvalue weighted by Gasteiger charge is -2.17. The predicted octanol–water partition coefficient (Wildman–Crippen LogP) is 2.50. The molecule has 2 rings (SSSR count). The number of nitrogens with one attached hydrogen (secondary N) is 3. The molecule has 1 saturated carbocycles. The summed E-state index contributed by atoms with van der Waals surface area (Å²) in [5, 5.41) is 8.88. The van der Waals surface area contributed by atoms with Crippen molar-refractivity contribution in [1.29, 1.82) is 0 Å². The first-order valence-electron chi connectivity index (χ1n) is 9.61. The number of amides is 3. The summed E-state index contributed by atoms with van der Waals surface area (Å²) in [4.78, 5) is 26.3. The molecule has 0 aliphatic heterocycles. The summed E-state index contributed by atoms with van der Waals surface area (Å²) < 4.78 is 0. The SMILES string of the molecule is CN(C)CCNC(=O)c1cccc(CNC(=O)NC2CCCCCC2)c1. The van der Waals surface area contributed by atoms with Gasteiger partial charge in [-0.1, -0.05) is 37.8 Å². The molecule has 0 atom stereocenters. The average molecular weight is 361 g/mol. The first-order chi connectivity index (χ1) is 12.5. The first kappa shape index (κ1) is 20.2. The monoisotopic (exact) mass is 360 g/mol. The second-order valence-corrected chi connectivity index (χ2v) is 7.28. The molecule has 0 unspecified atom stereocenters. The molecule has 6 nitrogen and oxygen atoms in total. The molecule has 0 saturated heterocycles. The fraction of sp³-hybridized carbons (Fsp3) is 0.600. The average Bonchev–Trinajstić information content (AvgIpc) is 2.88. The molecule has 0 spiro atoms. The van der Waals surface area contributed by atoms with Crippen molar-refractivity contribution in [2.75, 3.05) is 27.2 Å². The van der Waals surface area contributed by atoms with E-state index in [0.717, 1.165) is 24.9 Å². The van der Waals surface area contributed by atoms with Crippen molar-refractivity contribution < 1.29 is 9.59 Å². The number of hydrogen-bond donors (Lipinski definition) is 3. The molecule has 1 aromatic rings. The van der Waals surface area contributed by atoms with Gasteiger partial charge in [-0.25, -0.2) is 4.79 Å². The zero-order valence-electron chi connectivity index (χ0n) is 16.0. The Labute approximate surface area is 156 Å². The third-order valence-corrected chi connectivity index (χ3v) is 4.68. The molecular weight excluding hydrogens is 328 g/mol. The molecule has 1 aromatic carbocycles. The fourth-order valence-corrected chi connectivity index (χ4v) is 3.16. The molecule has 0 heterocycles. The maximum atomic E-state index is 12.2. The Hall–Kier alpha value is -2.08. The molecule has 1 aliphatic carbocycles. The first-order valence-corrected chi connectivity index (χ1v) is 9.61. The lowest BCUT2D eigenvalue weighted by atomic mass is 10.1. The van der Waals surface area contributed by atoms with Crippen molar-refractivity contribution in [3.05, 3.63) is 35.4 Å². The minimum Gasteiger partial charge on any atom is -0.351 e. The van der Waals surface area contributed by atoms with Gasteiger partial charge in [0, 0.05) is 31.2 Å². The fourth-order valence-electron chi connectivity index (χ4n) is 3.16. The van der Waals surface area contributed by atoms with Crippen molar-refractivity contribution in [3.8, 4) is 0 Å². The molecule has 3 amide bonds. The van der Waals surface area contributed by atoms with Gasteiger partial charge in [-0.3, -0.25) is 4.79 Å². The van der Waals surface area contributed by atoms with Crippen molar-refractivity contribution in [3.63, 3.8) is 0 Å². The van der Waals surface area contributed by atoms with Gasteiger partial charge in [-0.2, -0.15) is 0 Å². The van der Waals surface area contributed by atoms with Crippen LogP contribution in [-0.4, -0.2) is 50.1 Å². The normalized spacial score (nSPS) is 15.3. The van der Waals surface area contributed by atoms with Crippen LogP contribution in [0.25, 0.3) is 0 Å². The summed E-state index contributed by atoms with van der Waals surface area (Å²) in [5.74, 6) is -0.0865. The molecule has 144 valence electrons. The zero-order chi connectivity index (χ0) is 18.8. The van der Waals surface area contributed by atoms with Crippen LogP contribution in [0.5, 0.6) is 0 Å². The van der Waals surface area contributed by atoms with Gasteiger partial charge < -0.3 is 20.9 Å². The number of nitrogens with zero attached hydrogens (tertiary/aromatic N) is 1. The van der Waals surface area contributed by atoms with E-state index in [1.807, 2.05) is 37.2 Å². The molecule has 0 aromatic heterocycles. The number of rotatable bonds is 7. The van der Waals surface area contributed by atoms with Crippen LogP contribution in [0.1, 0.15) is 54.4 Å². The molecular formula is C20H32N4O2. The highest BCUT2D eigenvalue weighted by Crippen LogP contribution is 2.17. The Kier molecular flexibility index (Phi) is 8.41. The van der Waals surface area contributed by atoms with E-state index in [-0.39, 0.29) is 18.0 Å². The smallest absolute Gasteiger partial charge is 0.315 e. The second-order valence-electron chi connectivity index (χ2n) is 7.28. The van der Waals surface area contributed by atoms with Gasteiger partial charge in [-0.15, -0.1) is 0 Å². The summed E-state index contributed by atoms with van der Waals surface area (Å²) in [5.41, 5.74) is 1.54. The van der Waals surface area contributed by atoms with Crippen LogP contribution < -0.4 is 16.0 Å². The molecule has 26 heavy (non-hydrogen) atoms. The number of urea groups is 1. The van der Waals surface area contributed by atoms with Crippen LogP contribution in [-0.2, 0) is 6.54 Å². The lowest BCUT2D eigenvalue weighted by molar-refractivity contribution is 0.0951. The highest BCUT2D eigenvalue weighted by molar-refractivity contribution is 5.94. The highest BCUT2D eigenvalue weighted by Gasteiger charge is 2.14. The van der Waals surface area contributed by atoms with E-state index < -0.39 is 0 Å². The van der Waals surface area contributed by atoms with E-state index in [1.54, 1.807) is 6.07 Å². The van der Waals surface area contributed by atoms with Gasteiger partial charge >= 0.3 is 6.03 Å². The van der Waals surface area contributed by atoms with Crippen molar-refractivity contribution in [2.24, 2.45) is 0 Å². The summed E-state index contributed by atoms with van der Waals surface area (Å²) in [6.07, 6.45) is 7.05. The van der Waals surface area contributed by atoms with Gasteiger partial charge in [0.25, 0.3) is 5.91 Å². The third-order valence-electron chi connectivity index (χ3n) is 4.68. The van der Waals surface area contributed by atoms with Crippen LogP contribution in [0.2, 0.25) is 0 Å². The summed E-state index contributed by atoms with van der Waals surface area (Å²) in [6, 6.07) is 7.55. The summed E-state index contributed by atoms with van der Waals surface area (Å²) in [7, 11) is 3.94. The van der Waals surface area contributed by atoms with E-state index in [4.69, 9.17) is 0 Å². The van der Waals surface area contributed by atoms with Gasteiger partial charge in [0.05, 0.1) is 0 Å². The standard InChI is InChI=1S/C20H32N4O2/c1-24(2)13-12-21-19(25)17-9-7-8-16(14-17)15-22-20(26)23-18-10-5-3-4-6-11-18/h7-9,14,18H,3-6,10-13,15H2,1-2H3,(H,21,25)(H2,22,23,26). The topological polar surface area (TPSA) is 73.5 Å². The number of benzene rings is 1. The molecule has 6 heteroatoms. The quantitative estimate of drug-likeness (QED) is 0.654. The van der Waals surface area contributed by atoms with Crippen molar-refractivity contribution >= 4 is 11.9 Å². The molecule has 1 aliphatic rings. The number of carbonyl (C=O) groups is 2. The molecule has 3 N–H and O–H groups in total. The third kappa shape index (κ3) is 7.44. The van der Waals surface area contributed by atoms with Crippen LogP contribution in [0.3, 0.4) is 0 Å². The molecule has 1 fully saturated rings. The maximum Gasteiger partial charge on any atom is 0.315 e. The Morgan fingerprint density at radius 3 is 2.50 bits per heavy atom. The van der Waals surface area contributed by atoms with E-state index in [0.29, 0.717) is 18.7 Å². The summed E-state index contributed by atoms with van der Waals surface area (Å²) in [6.45, 7) is 1.82. The van der Waals surface area contributed by atoms with Crippen LogP contribution >= 0.6 is 0 Å². The minimum atomic E-state index is -0.127. The van der Waals surface area contributed by atoms with E-state index in [9.17, 15) is 9.59 Å². The van der Waals surface area contributed by atoms with Gasteiger partial charge in [0.1, 0.15) is 0 Å². The van der Waals surface area contributed by atoms with E-state index >= 15 is 0 Å². The van der Waals surface area contributed by atoms with E-state index in [1.165, 1.54) is 25.7 Å². The Morgan fingerprint density at radius 1 is 1.08 bits per heavy atom. The van der Waals surface area contributed by atoms with Crippen LogP contribution in [0.15, 0.2) is 24.3 Å². The summed E-state index contributed by atoms with van der Waals surface area (Å²) >= 11 is 0. The van der Waals surface area contributed by atoms with Crippen LogP contribution in [0.4, 0.5) is 4.79 Å². The van der Waals surface area contributed by atoms with Crippen molar-refractivity contribution in [2.45, 2.75) is 51.1 Å². The highest BCUT2D eigenvalue weighted by atomic mass is 16.2. The number of likely N-dealkylation sites (N-methyl/N-ethyl adjacent to an activating group) is 1. The number of hydrogen-bond acceptors (Lipinski definition) is 3. The Morgan fingerprint density at radius 2 is 1.81 bits per heavy atom.